The van der Waals surface area contributed by atoms with Gasteiger partial charge in [-0.25, -0.2) is 4.79 Å². The Morgan fingerprint density at radius 1 is 1.10 bits per heavy atom. The molecule has 1 amide bonds. The van der Waals surface area contributed by atoms with E-state index in [1.165, 1.54) is 24.2 Å². The zero-order valence-electron chi connectivity index (χ0n) is 17.3. The molecule has 4 nitrogen and oxygen atoms in total. The summed E-state index contributed by atoms with van der Waals surface area (Å²) in [5.41, 5.74) is 2.06. The first-order valence-corrected chi connectivity index (χ1v) is 11.4. The van der Waals surface area contributed by atoms with E-state index in [-0.39, 0.29) is 6.09 Å². The maximum Gasteiger partial charge on any atom is 0.420 e. The molecule has 1 heterocycles. The first-order chi connectivity index (χ1) is 14.7. The van der Waals surface area contributed by atoms with Gasteiger partial charge in [0.25, 0.3) is 0 Å². The van der Waals surface area contributed by atoms with E-state index in [2.05, 4.69) is 12.2 Å². The summed E-state index contributed by atoms with van der Waals surface area (Å²) in [6.07, 6.45) is 2.36. The third-order valence-electron chi connectivity index (χ3n) is 5.55. The molecule has 1 aliphatic rings. The minimum Gasteiger partial charge on any atom is -0.410 e. The predicted octanol–water partition coefficient (Wildman–Crippen LogP) is 6.09. The molecule has 0 saturated heterocycles. The molecule has 3 aromatic rings. The topological polar surface area (TPSA) is 41.6 Å². The maximum absolute atomic E-state index is 13.1. The van der Waals surface area contributed by atoms with Crippen LogP contribution in [0, 0.1) is 11.8 Å². The molecular weight excluding hydrogens is 392 g/mol. The van der Waals surface area contributed by atoms with Gasteiger partial charge in [-0.3, -0.25) is 4.90 Å². The molecule has 0 bridgehead atoms. The highest BCUT2D eigenvalue weighted by atomic mass is 32.1. The Labute approximate surface area is 182 Å². The van der Waals surface area contributed by atoms with Crippen molar-refractivity contribution in [3.05, 3.63) is 83.2 Å². The summed E-state index contributed by atoms with van der Waals surface area (Å²) in [7, 11) is 0. The molecule has 1 unspecified atom stereocenters. The van der Waals surface area contributed by atoms with Crippen LogP contribution in [0.2, 0.25) is 0 Å². The van der Waals surface area contributed by atoms with Crippen LogP contribution in [0.1, 0.15) is 30.9 Å². The average molecular weight is 421 g/mol. The summed E-state index contributed by atoms with van der Waals surface area (Å²) in [5.74, 6) is 2.19. The van der Waals surface area contributed by atoms with Gasteiger partial charge in [-0.15, -0.1) is 11.3 Å². The lowest BCUT2D eigenvalue weighted by Gasteiger charge is -2.21. The standard InChI is InChI=1S/C25H28N2O2S/c1-19(21-13-14-21)16-26-17-22-10-5-6-11-23(22)29-25(28)27(24-12-7-15-30-24)18-20-8-3-2-4-9-20/h2-12,15,19,21,26H,13-14,16-18H2,1H3. The molecule has 1 fully saturated rings. The van der Waals surface area contributed by atoms with Crippen molar-refractivity contribution in [1.29, 1.82) is 0 Å². The van der Waals surface area contributed by atoms with Gasteiger partial charge in [0.1, 0.15) is 10.8 Å². The minimum atomic E-state index is -0.361. The third-order valence-corrected chi connectivity index (χ3v) is 6.45. The number of para-hydroxylation sites is 1. The van der Waals surface area contributed by atoms with E-state index in [1.807, 2.05) is 72.1 Å². The normalized spacial score (nSPS) is 14.3. The smallest absolute Gasteiger partial charge is 0.410 e. The monoisotopic (exact) mass is 420 g/mol. The highest BCUT2D eigenvalue weighted by Crippen LogP contribution is 2.36. The number of benzene rings is 2. The number of nitrogens with one attached hydrogen (secondary N) is 1. The van der Waals surface area contributed by atoms with E-state index < -0.39 is 0 Å². The Bertz CT molecular complexity index is 939. The zero-order chi connectivity index (χ0) is 20.8. The summed E-state index contributed by atoms with van der Waals surface area (Å²) in [6, 6.07) is 21.7. The Morgan fingerprint density at radius 2 is 1.87 bits per heavy atom. The van der Waals surface area contributed by atoms with Gasteiger partial charge in [-0.2, -0.15) is 0 Å². The van der Waals surface area contributed by atoms with E-state index in [1.54, 1.807) is 4.90 Å². The molecule has 1 aromatic heterocycles. The summed E-state index contributed by atoms with van der Waals surface area (Å²) >= 11 is 1.53. The minimum absolute atomic E-state index is 0.361. The molecule has 0 radical (unpaired) electrons. The number of carbonyl (C=O) groups is 1. The highest BCUT2D eigenvalue weighted by molar-refractivity contribution is 7.14. The van der Waals surface area contributed by atoms with Gasteiger partial charge in [0.05, 0.1) is 6.54 Å². The van der Waals surface area contributed by atoms with E-state index in [0.29, 0.717) is 24.8 Å². The number of anilines is 1. The fourth-order valence-corrected chi connectivity index (χ4v) is 4.31. The van der Waals surface area contributed by atoms with Crippen molar-refractivity contribution < 1.29 is 9.53 Å². The van der Waals surface area contributed by atoms with Crippen LogP contribution in [-0.2, 0) is 13.1 Å². The second kappa shape index (κ2) is 9.92. The van der Waals surface area contributed by atoms with Crippen LogP contribution >= 0.6 is 11.3 Å². The van der Waals surface area contributed by atoms with Crippen molar-refractivity contribution in [2.24, 2.45) is 11.8 Å². The molecule has 0 spiro atoms. The number of ether oxygens (including phenoxy) is 1. The van der Waals surface area contributed by atoms with Crippen molar-refractivity contribution in [2.45, 2.75) is 32.9 Å². The van der Waals surface area contributed by atoms with Crippen molar-refractivity contribution in [2.75, 3.05) is 11.4 Å². The van der Waals surface area contributed by atoms with Crippen molar-refractivity contribution >= 4 is 22.4 Å². The van der Waals surface area contributed by atoms with Gasteiger partial charge in [-0.1, -0.05) is 55.5 Å². The lowest BCUT2D eigenvalue weighted by atomic mass is 10.1. The largest absolute Gasteiger partial charge is 0.420 e. The molecule has 0 aliphatic heterocycles. The van der Waals surface area contributed by atoms with Crippen LogP contribution in [-0.4, -0.2) is 12.6 Å². The molecule has 156 valence electrons. The Hall–Kier alpha value is -2.63. The molecule has 1 aliphatic carbocycles. The lowest BCUT2D eigenvalue weighted by molar-refractivity contribution is 0.207. The summed E-state index contributed by atoms with van der Waals surface area (Å²) < 4.78 is 5.87. The van der Waals surface area contributed by atoms with Crippen molar-refractivity contribution in [3.63, 3.8) is 0 Å². The number of amides is 1. The number of hydrogen-bond acceptors (Lipinski definition) is 4. The second-order valence-corrected chi connectivity index (χ2v) is 8.87. The molecule has 4 rings (SSSR count). The fourth-order valence-electron chi connectivity index (χ4n) is 3.59. The Morgan fingerprint density at radius 3 is 2.60 bits per heavy atom. The number of carbonyl (C=O) groups excluding carboxylic acids is 1. The first-order valence-electron chi connectivity index (χ1n) is 10.6. The number of nitrogens with zero attached hydrogens (tertiary/aromatic N) is 1. The molecule has 30 heavy (non-hydrogen) atoms. The SMILES string of the molecule is CC(CNCc1ccccc1OC(=O)N(Cc1ccccc1)c1cccs1)C1CC1. The molecule has 2 aromatic carbocycles. The van der Waals surface area contributed by atoms with Crippen molar-refractivity contribution in [3.8, 4) is 5.75 Å². The van der Waals surface area contributed by atoms with Crippen LogP contribution < -0.4 is 15.0 Å². The zero-order valence-corrected chi connectivity index (χ0v) is 18.1. The van der Waals surface area contributed by atoms with Crippen molar-refractivity contribution in [1.82, 2.24) is 5.32 Å². The van der Waals surface area contributed by atoms with Gasteiger partial charge in [0.15, 0.2) is 0 Å². The highest BCUT2D eigenvalue weighted by Gasteiger charge is 2.27. The summed E-state index contributed by atoms with van der Waals surface area (Å²) in [5, 5.41) is 6.37. The van der Waals surface area contributed by atoms with E-state index in [9.17, 15) is 4.79 Å². The molecule has 1 saturated carbocycles. The average Bonchev–Trinajstić information content (AvgIpc) is 3.49. The van der Waals surface area contributed by atoms with Gasteiger partial charge < -0.3 is 10.1 Å². The van der Waals surface area contributed by atoms with Crippen LogP contribution in [0.25, 0.3) is 0 Å². The van der Waals surface area contributed by atoms with Crippen LogP contribution in [0.4, 0.5) is 9.80 Å². The molecule has 1 atom stereocenters. The van der Waals surface area contributed by atoms with Crippen LogP contribution in [0.15, 0.2) is 72.1 Å². The number of thiophene rings is 1. The number of hydrogen-bond donors (Lipinski definition) is 1. The van der Waals surface area contributed by atoms with Gasteiger partial charge >= 0.3 is 6.09 Å². The fraction of sp³-hybridized carbons (Fsp3) is 0.320. The molecule has 1 N–H and O–H groups in total. The second-order valence-electron chi connectivity index (χ2n) is 7.94. The predicted molar refractivity (Wildman–Crippen MR) is 123 cm³/mol. The lowest BCUT2D eigenvalue weighted by Crippen LogP contribution is -2.33. The quantitative estimate of drug-likeness (QED) is 0.455. The summed E-state index contributed by atoms with van der Waals surface area (Å²) in [4.78, 5) is 14.8. The summed E-state index contributed by atoms with van der Waals surface area (Å²) in [6.45, 7) is 4.46. The molecular formula is C25H28N2O2S. The molecule has 5 heteroatoms. The van der Waals surface area contributed by atoms with Crippen LogP contribution in [0.5, 0.6) is 5.75 Å². The van der Waals surface area contributed by atoms with E-state index in [0.717, 1.165) is 28.6 Å². The Kier molecular flexibility index (Phi) is 6.82. The maximum atomic E-state index is 13.1. The van der Waals surface area contributed by atoms with Gasteiger partial charge in [-0.05, 0) is 60.4 Å². The van der Waals surface area contributed by atoms with E-state index >= 15 is 0 Å². The first kappa shape index (κ1) is 20.6. The third kappa shape index (κ3) is 5.49. The van der Waals surface area contributed by atoms with Gasteiger partial charge in [0, 0.05) is 12.1 Å². The van der Waals surface area contributed by atoms with Crippen LogP contribution in [0.3, 0.4) is 0 Å². The van der Waals surface area contributed by atoms with E-state index in [4.69, 9.17) is 4.74 Å². The van der Waals surface area contributed by atoms with Gasteiger partial charge in [0.2, 0.25) is 0 Å². The number of rotatable bonds is 9. The Balaban J connectivity index is 1.44.